The summed E-state index contributed by atoms with van der Waals surface area (Å²) in [6.07, 6.45) is 0.957. The Morgan fingerprint density at radius 2 is 2.25 bits per heavy atom. The molecule has 16 heavy (non-hydrogen) atoms. The number of hydrogen-bond donors (Lipinski definition) is 1. The van der Waals surface area contributed by atoms with Gasteiger partial charge in [-0.05, 0) is 18.2 Å². The number of hydrogen-bond acceptors (Lipinski definition) is 2. The van der Waals surface area contributed by atoms with Gasteiger partial charge in [0, 0.05) is 5.02 Å². The molecule has 0 radical (unpaired) electrons. The average molecular weight is 241 g/mol. The number of carbonyl (C=O) groups is 1. The molecule has 1 heterocycles. The minimum absolute atomic E-state index is 0.373. The number of aromatic carboxylic acids is 1. The van der Waals surface area contributed by atoms with Crippen molar-refractivity contribution in [1.82, 2.24) is 9.78 Å². The van der Waals surface area contributed by atoms with Gasteiger partial charge in [-0.3, -0.25) is 0 Å². The highest BCUT2D eigenvalue weighted by atomic mass is 35.5. The van der Waals surface area contributed by atoms with E-state index in [1.165, 1.54) is 6.07 Å². The number of carboxylic acids is 1. The lowest BCUT2D eigenvalue weighted by atomic mass is 10.3. The van der Waals surface area contributed by atoms with Crippen molar-refractivity contribution in [1.29, 1.82) is 0 Å². The normalized spacial score (nSPS) is 10.4. The molecule has 0 atom stereocenters. The molecule has 2 rings (SSSR count). The fraction of sp³-hybridized carbons (Fsp3) is 0. The Bertz CT molecular complexity index is 554. The van der Waals surface area contributed by atoms with Gasteiger partial charge in [-0.1, -0.05) is 17.7 Å². The van der Waals surface area contributed by atoms with Gasteiger partial charge in [-0.2, -0.15) is 9.49 Å². The van der Waals surface area contributed by atoms with Crippen molar-refractivity contribution in [3.8, 4) is 5.69 Å². The first-order chi connectivity index (χ1) is 7.59. The fourth-order valence-electron chi connectivity index (χ4n) is 1.26. The molecule has 1 N–H and O–H groups in total. The molecule has 1 aromatic heterocycles. The summed E-state index contributed by atoms with van der Waals surface area (Å²) >= 11 is 5.74. The maximum absolute atomic E-state index is 13.6. The second-order valence-corrected chi connectivity index (χ2v) is 3.48. The summed E-state index contributed by atoms with van der Waals surface area (Å²) in [6.45, 7) is 0. The van der Waals surface area contributed by atoms with Gasteiger partial charge in [0.1, 0.15) is 5.56 Å². The molecule has 0 aliphatic heterocycles. The van der Waals surface area contributed by atoms with Gasteiger partial charge in [0.2, 0.25) is 5.95 Å². The summed E-state index contributed by atoms with van der Waals surface area (Å²) in [5.41, 5.74) is -0.0996. The van der Waals surface area contributed by atoms with E-state index in [9.17, 15) is 9.18 Å². The van der Waals surface area contributed by atoms with Crippen molar-refractivity contribution in [3.63, 3.8) is 0 Å². The van der Waals surface area contributed by atoms with E-state index in [2.05, 4.69) is 5.10 Å². The van der Waals surface area contributed by atoms with Crippen LogP contribution in [0.4, 0.5) is 4.39 Å². The number of rotatable bonds is 2. The SMILES string of the molecule is O=C(O)c1cnn(-c2cccc(Cl)c2)c1F. The summed E-state index contributed by atoms with van der Waals surface area (Å²) in [7, 11) is 0. The Morgan fingerprint density at radius 3 is 2.81 bits per heavy atom. The van der Waals surface area contributed by atoms with Gasteiger partial charge in [0.25, 0.3) is 0 Å². The minimum atomic E-state index is -1.36. The first-order valence-corrected chi connectivity index (χ1v) is 4.70. The Morgan fingerprint density at radius 1 is 1.50 bits per heavy atom. The van der Waals surface area contributed by atoms with E-state index >= 15 is 0 Å². The molecule has 0 saturated heterocycles. The predicted octanol–water partition coefficient (Wildman–Crippen LogP) is 2.36. The van der Waals surface area contributed by atoms with Gasteiger partial charge in [0.05, 0.1) is 11.9 Å². The van der Waals surface area contributed by atoms with E-state index in [0.717, 1.165) is 10.9 Å². The van der Waals surface area contributed by atoms with Crippen molar-refractivity contribution in [2.75, 3.05) is 0 Å². The third kappa shape index (κ3) is 1.77. The molecule has 1 aromatic carbocycles. The number of aromatic nitrogens is 2. The maximum atomic E-state index is 13.6. The van der Waals surface area contributed by atoms with Crippen molar-refractivity contribution >= 4 is 17.6 Å². The molecule has 0 bridgehead atoms. The highest BCUT2D eigenvalue weighted by Crippen LogP contribution is 2.17. The number of carboxylic acid groups (broad SMARTS) is 1. The van der Waals surface area contributed by atoms with Crippen molar-refractivity contribution in [2.45, 2.75) is 0 Å². The summed E-state index contributed by atoms with van der Waals surface area (Å²) in [6, 6.07) is 6.32. The fourth-order valence-corrected chi connectivity index (χ4v) is 1.45. The van der Waals surface area contributed by atoms with E-state index in [1.54, 1.807) is 18.2 Å². The van der Waals surface area contributed by atoms with Crippen LogP contribution in [0.3, 0.4) is 0 Å². The third-order valence-electron chi connectivity index (χ3n) is 1.99. The molecule has 0 amide bonds. The Labute approximate surface area is 94.9 Å². The zero-order chi connectivity index (χ0) is 11.7. The molecule has 0 spiro atoms. The zero-order valence-corrected chi connectivity index (χ0v) is 8.65. The highest BCUT2D eigenvalue weighted by Gasteiger charge is 2.17. The van der Waals surface area contributed by atoms with Gasteiger partial charge >= 0.3 is 5.97 Å². The van der Waals surface area contributed by atoms with Crippen LogP contribution in [0.1, 0.15) is 10.4 Å². The van der Waals surface area contributed by atoms with Crippen LogP contribution in [-0.2, 0) is 0 Å². The molecule has 0 aliphatic carbocycles. The summed E-state index contributed by atoms with van der Waals surface area (Å²) in [4.78, 5) is 10.6. The lowest BCUT2D eigenvalue weighted by Gasteiger charge is -2.02. The van der Waals surface area contributed by atoms with Crippen LogP contribution in [-0.4, -0.2) is 20.9 Å². The third-order valence-corrected chi connectivity index (χ3v) is 2.23. The van der Waals surface area contributed by atoms with Crippen LogP contribution in [0.15, 0.2) is 30.5 Å². The van der Waals surface area contributed by atoms with Crippen LogP contribution in [0.5, 0.6) is 0 Å². The van der Waals surface area contributed by atoms with Crippen LogP contribution in [0.25, 0.3) is 5.69 Å². The van der Waals surface area contributed by atoms with Crippen LogP contribution in [0.2, 0.25) is 5.02 Å². The largest absolute Gasteiger partial charge is 0.477 e. The first kappa shape index (κ1) is 10.6. The molecule has 4 nitrogen and oxygen atoms in total. The number of benzene rings is 1. The Kier molecular flexibility index (Phi) is 2.62. The molecular weight excluding hydrogens is 235 g/mol. The summed E-state index contributed by atoms with van der Waals surface area (Å²) in [5, 5.41) is 12.7. The highest BCUT2D eigenvalue weighted by molar-refractivity contribution is 6.30. The van der Waals surface area contributed by atoms with Crippen molar-refractivity contribution < 1.29 is 14.3 Å². The molecular formula is C10H6ClFN2O2. The molecule has 6 heteroatoms. The molecule has 0 unspecified atom stereocenters. The number of nitrogens with zero attached hydrogens (tertiary/aromatic N) is 2. The Balaban J connectivity index is 2.53. The van der Waals surface area contributed by atoms with E-state index < -0.39 is 17.5 Å². The van der Waals surface area contributed by atoms with Crippen molar-refractivity contribution in [2.24, 2.45) is 0 Å². The van der Waals surface area contributed by atoms with Gasteiger partial charge in [0.15, 0.2) is 0 Å². The lowest BCUT2D eigenvalue weighted by Crippen LogP contribution is -2.03. The second kappa shape index (κ2) is 3.94. The summed E-state index contributed by atoms with van der Waals surface area (Å²) in [5.74, 6) is -2.28. The molecule has 0 aliphatic rings. The van der Waals surface area contributed by atoms with Crippen LogP contribution in [0, 0.1) is 5.95 Å². The van der Waals surface area contributed by atoms with Crippen LogP contribution >= 0.6 is 11.6 Å². The lowest BCUT2D eigenvalue weighted by molar-refractivity contribution is 0.0691. The van der Waals surface area contributed by atoms with E-state index in [4.69, 9.17) is 16.7 Å². The zero-order valence-electron chi connectivity index (χ0n) is 7.89. The van der Waals surface area contributed by atoms with Gasteiger partial charge in [-0.25, -0.2) is 9.48 Å². The average Bonchev–Trinajstić information content (AvgIpc) is 2.60. The molecule has 0 saturated carbocycles. The van der Waals surface area contributed by atoms with E-state index in [1.807, 2.05) is 0 Å². The predicted molar refractivity (Wildman–Crippen MR) is 55.5 cm³/mol. The van der Waals surface area contributed by atoms with Gasteiger partial charge < -0.3 is 5.11 Å². The standard InChI is InChI=1S/C10H6ClFN2O2/c11-6-2-1-3-7(4-6)14-9(12)8(5-13-14)10(15)16/h1-5H,(H,15,16). The number of halogens is 2. The smallest absolute Gasteiger partial charge is 0.342 e. The van der Waals surface area contributed by atoms with Crippen molar-refractivity contribution in [3.05, 3.63) is 47.0 Å². The second-order valence-electron chi connectivity index (χ2n) is 3.05. The molecule has 0 fully saturated rings. The topological polar surface area (TPSA) is 55.1 Å². The molecule has 82 valence electrons. The summed E-state index contributed by atoms with van der Waals surface area (Å²) < 4.78 is 14.5. The quantitative estimate of drug-likeness (QED) is 0.877. The van der Waals surface area contributed by atoms with Gasteiger partial charge in [-0.15, -0.1) is 0 Å². The van der Waals surface area contributed by atoms with E-state index in [-0.39, 0.29) is 0 Å². The first-order valence-electron chi connectivity index (χ1n) is 4.32. The van der Waals surface area contributed by atoms with Crippen LogP contribution < -0.4 is 0 Å². The molecule has 2 aromatic rings. The monoisotopic (exact) mass is 240 g/mol. The minimum Gasteiger partial charge on any atom is -0.477 e. The Hall–Kier alpha value is -1.88. The van der Waals surface area contributed by atoms with E-state index in [0.29, 0.717) is 10.7 Å². The maximum Gasteiger partial charge on any atom is 0.342 e.